The number of aromatic hydroxyl groups is 1. The molecule has 0 bridgehead atoms. The largest absolute Gasteiger partial charge is 0.504 e. The summed E-state index contributed by atoms with van der Waals surface area (Å²) in [5.74, 6) is 1.54. The molecule has 1 aromatic carbocycles. The van der Waals surface area contributed by atoms with E-state index in [1.165, 1.54) is 24.0 Å². The Bertz CT molecular complexity index is 623. The molecular weight excluding hydrogens is 324 g/mol. The summed E-state index contributed by atoms with van der Waals surface area (Å²) in [6, 6.07) is 2.02. The van der Waals surface area contributed by atoms with Crippen molar-refractivity contribution in [2.24, 2.45) is 0 Å². The Kier molecular flexibility index (Phi) is 9.93. The van der Waals surface area contributed by atoms with Gasteiger partial charge in [0.25, 0.3) is 0 Å². The summed E-state index contributed by atoms with van der Waals surface area (Å²) in [4.78, 5) is 0. The minimum atomic E-state index is 0.215. The highest BCUT2D eigenvalue weighted by atomic mass is 16.5. The first kappa shape index (κ1) is 22.1. The van der Waals surface area contributed by atoms with Gasteiger partial charge in [-0.15, -0.1) is 0 Å². The first-order valence-electron chi connectivity index (χ1n) is 9.69. The first-order chi connectivity index (χ1) is 12.4. The van der Waals surface area contributed by atoms with Gasteiger partial charge in [-0.05, 0) is 58.9 Å². The fourth-order valence-electron chi connectivity index (χ4n) is 3.04. The van der Waals surface area contributed by atoms with Crippen LogP contribution in [0.3, 0.4) is 0 Å². The van der Waals surface area contributed by atoms with E-state index >= 15 is 0 Å². The smallest absolute Gasteiger partial charge is 0.165 e. The molecule has 1 N–H and O–H groups in total. The molecule has 0 aromatic heterocycles. The third-order valence-corrected chi connectivity index (χ3v) is 4.61. The van der Waals surface area contributed by atoms with Crippen molar-refractivity contribution in [3.05, 3.63) is 40.5 Å². The molecule has 0 heterocycles. The van der Waals surface area contributed by atoms with Crippen LogP contribution in [-0.4, -0.2) is 19.3 Å². The number of methoxy groups -OCH3 is 2. The number of hydrogen-bond donors (Lipinski definition) is 1. The molecule has 1 aromatic rings. The minimum Gasteiger partial charge on any atom is -0.504 e. The molecule has 0 saturated heterocycles. The molecule has 0 radical (unpaired) electrons. The SMILES string of the molecule is CCCCCc1cc(OC)c(C/C=C(\C)CCC=C(C)C)c(O)c1OC. The lowest BCUT2D eigenvalue weighted by molar-refractivity contribution is 0.356. The summed E-state index contributed by atoms with van der Waals surface area (Å²) in [5.41, 5.74) is 4.48. The summed E-state index contributed by atoms with van der Waals surface area (Å²) in [6.45, 7) is 8.57. The second-order valence-corrected chi connectivity index (χ2v) is 7.13. The van der Waals surface area contributed by atoms with Crippen molar-refractivity contribution in [3.63, 3.8) is 0 Å². The molecule has 1 rings (SSSR count). The van der Waals surface area contributed by atoms with Gasteiger partial charge in [-0.1, -0.05) is 43.1 Å². The Morgan fingerprint density at radius 1 is 1.08 bits per heavy atom. The molecule has 0 spiro atoms. The second kappa shape index (κ2) is 11.7. The van der Waals surface area contributed by atoms with Gasteiger partial charge in [-0.2, -0.15) is 0 Å². The number of ether oxygens (including phenoxy) is 2. The molecule has 0 aliphatic rings. The Morgan fingerprint density at radius 2 is 1.81 bits per heavy atom. The second-order valence-electron chi connectivity index (χ2n) is 7.13. The lowest BCUT2D eigenvalue weighted by atomic mass is 9.99. The van der Waals surface area contributed by atoms with Gasteiger partial charge in [-0.25, -0.2) is 0 Å². The summed E-state index contributed by atoms with van der Waals surface area (Å²) in [6.07, 6.45) is 11.4. The van der Waals surface area contributed by atoms with E-state index in [9.17, 15) is 5.11 Å². The summed E-state index contributed by atoms with van der Waals surface area (Å²) in [7, 11) is 3.28. The number of allylic oxidation sites excluding steroid dienone is 4. The van der Waals surface area contributed by atoms with E-state index in [2.05, 4.69) is 39.8 Å². The van der Waals surface area contributed by atoms with Crippen molar-refractivity contribution in [1.82, 2.24) is 0 Å². The number of rotatable bonds is 11. The van der Waals surface area contributed by atoms with Gasteiger partial charge in [-0.3, -0.25) is 0 Å². The van der Waals surface area contributed by atoms with Crippen LogP contribution in [0.25, 0.3) is 0 Å². The van der Waals surface area contributed by atoms with E-state index in [0.29, 0.717) is 12.2 Å². The zero-order valence-electron chi connectivity index (χ0n) is 17.4. The van der Waals surface area contributed by atoms with Gasteiger partial charge in [0.05, 0.1) is 14.2 Å². The Labute approximate surface area is 159 Å². The van der Waals surface area contributed by atoms with Gasteiger partial charge >= 0.3 is 0 Å². The van der Waals surface area contributed by atoms with Gasteiger partial charge in [0.1, 0.15) is 5.75 Å². The van der Waals surface area contributed by atoms with E-state index in [0.717, 1.165) is 42.6 Å². The fraction of sp³-hybridized carbons (Fsp3) is 0.565. The standard InChI is InChI=1S/C23H36O3/c1-7-8-9-13-19-16-21(25-5)20(22(24)23(19)26-6)15-14-18(4)12-10-11-17(2)3/h11,14,16,24H,7-10,12-13,15H2,1-6H3/b18-14+. The lowest BCUT2D eigenvalue weighted by Crippen LogP contribution is -2.00. The van der Waals surface area contributed by atoms with Crippen LogP contribution in [-0.2, 0) is 12.8 Å². The van der Waals surface area contributed by atoms with E-state index in [1.54, 1.807) is 14.2 Å². The molecule has 146 valence electrons. The van der Waals surface area contributed by atoms with Crippen molar-refractivity contribution in [3.8, 4) is 17.2 Å². The molecule has 0 saturated carbocycles. The number of unbranched alkanes of at least 4 members (excludes halogenated alkanes) is 2. The average molecular weight is 361 g/mol. The van der Waals surface area contributed by atoms with Crippen LogP contribution in [0.4, 0.5) is 0 Å². The number of phenolic OH excluding ortho intramolecular Hbond substituents is 1. The van der Waals surface area contributed by atoms with Crippen LogP contribution in [0.2, 0.25) is 0 Å². The van der Waals surface area contributed by atoms with E-state index < -0.39 is 0 Å². The molecule has 0 aliphatic heterocycles. The number of aryl methyl sites for hydroxylation is 1. The zero-order valence-corrected chi connectivity index (χ0v) is 17.4. The fourth-order valence-corrected chi connectivity index (χ4v) is 3.04. The summed E-state index contributed by atoms with van der Waals surface area (Å²) in [5, 5.41) is 10.8. The molecule has 0 aliphatic carbocycles. The monoisotopic (exact) mass is 360 g/mol. The third-order valence-electron chi connectivity index (χ3n) is 4.61. The van der Waals surface area contributed by atoms with Crippen molar-refractivity contribution in [2.45, 2.75) is 72.6 Å². The maximum Gasteiger partial charge on any atom is 0.165 e. The molecule has 0 fully saturated rings. The highest BCUT2D eigenvalue weighted by Crippen LogP contribution is 2.41. The van der Waals surface area contributed by atoms with Gasteiger partial charge in [0, 0.05) is 11.1 Å². The molecule has 0 amide bonds. The maximum atomic E-state index is 10.8. The first-order valence-corrected chi connectivity index (χ1v) is 9.69. The van der Waals surface area contributed by atoms with Crippen molar-refractivity contribution in [1.29, 1.82) is 0 Å². The topological polar surface area (TPSA) is 38.7 Å². The van der Waals surface area contributed by atoms with Crippen molar-refractivity contribution >= 4 is 0 Å². The molecule has 26 heavy (non-hydrogen) atoms. The van der Waals surface area contributed by atoms with Crippen LogP contribution in [0.1, 0.15) is 70.9 Å². The van der Waals surface area contributed by atoms with Crippen LogP contribution in [0, 0.1) is 0 Å². The number of benzene rings is 1. The normalized spacial score (nSPS) is 11.4. The quantitative estimate of drug-likeness (QED) is 0.368. The predicted octanol–water partition coefficient (Wildman–Crippen LogP) is 6.38. The minimum absolute atomic E-state index is 0.215. The van der Waals surface area contributed by atoms with Crippen LogP contribution in [0.15, 0.2) is 29.4 Å². The van der Waals surface area contributed by atoms with Crippen molar-refractivity contribution in [2.75, 3.05) is 14.2 Å². The molecular formula is C23H36O3. The highest BCUT2D eigenvalue weighted by molar-refractivity contribution is 5.58. The van der Waals surface area contributed by atoms with Crippen LogP contribution >= 0.6 is 0 Å². The number of phenols is 1. The number of hydrogen-bond acceptors (Lipinski definition) is 3. The molecule has 3 nitrogen and oxygen atoms in total. The van der Waals surface area contributed by atoms with E-state index in [-0.39, 0.29) is 5.75 Å². The lowest BCUT2D eigenvalue weighted by Gasteiger charge is -2.17. The Balaban J connectivity index is 3.01. The molecule has 0 atom stereocenters. The summed E-state index contributed by atoms with van der Waals surface area (Å²) < 4.78 is 11.1. The Hall–Kier alpha value is -1.90. The van der Waals surface area contributed by atoms with Gasteiger partial charge < -0.3 is 14.6 Å². The van der Waals surface area contributed by atoms with Gasteiger partial charge in [0.15, 0.2) is 11.5 Å². The third kappa shape index (κ3) is 6.78. The molecule has 0 unspecified atom stereocenters. The van der Waals surface area contributed by atoms with Crippen LogP contribution in [0.5, 0.6) is 17.2 Å². The molecule has 3 heteroatoms. The Morgan fingerprint density at radius 3 is 2.38 bits per heavy atom. The van der Waals surface area contributed by atoms with Crippen molar-refractivity contribution < 1.29 is 14.6 Å². The highest BCUT2D eigenvalue weighted by Gasteiger charge is 2.18. The van der Waals surface area contributed by atoms with E-state index in [1.807, 2.05) is 6.07 Å². The maximum absolute atomic E-state index is 10.8. The average Bonchev–Trinajstić information content (AvgIpc) is 2.60. The summed E-state index contributed by atoms with van der Waals surface area (Å²) >= 11 is 0. The van der Waals surface area contributed by atoms with E-state index in [4.69, 9.17) is 9.47 Å². The predicted molar refractivity (Wildman–Crippen MR) is 111 cm³/mol. The zero-order chi connectivity index (χ0) is 19.5. The van der Waals surface area contributed by atoms with Gasteiger partial charge in [0.2, 0.25) is 0 Å². The van der Waals surface area contributed by atoms with Crippen LogP contribution < -0.4 is 9.47 Å².